The van der Waals surface area contributed by atoms with Gasteiger partial charge in [0.15, 0.2) is 12.7 Å². The second-order valence-electron chi connectivity index (χ2n) is 7.00. The summed E-state index contributed by atoms with van der Waals surface area (Å²) in [7, 11) is -2.50. The minimum atomic E-state index is -2.50. The van der Waals surface area contributed by atoms with Crippen LogP contribution >= 0.6 is 18.9 Å². The zero-order valence-corrected chi connectivity index (χ0v) is 18.9. The summed E-state index contributed by atoms with van der Waals surface area (Å²) in [6.45, 7) is 0. The van der Waals surface area contributed by atoms with Gasteiger partial charge in [-0.25, -0.2) is 4.79 Å². The van der Waals surface area contributed by atoms with E-state index in [1.807, 2.05) is 72.8 Å². The number of nitrogens with one attached hydrogen (secondary N) is 1. The highest BCUT2D eigenvalue weighted by atomic mass is 35.5. The highest BCUT2D eigenvalue weighted by Crippen LogP contribution is 2.61. The van der Waals surface area contributed by atoms with Gasteiger partial charge in [0.1, 0.15) is 21.7 Å². The number of hydrogen-bond donors (Lipinski definition) is 1. The fourth-order valence-corrected chi connectivity index (χ4v) is 8.22. The molecule has 0 fully saturated rings. The molecule has 0 saturated heterocycles. The number of halogens is 1. The minimum absolute atomic E-state index is 0.460. The van der Waals surface area contributed by atoms with Crippen molar-refractivity contribution < 1.29 is 9.53 Å². The largest absolute Gasteiger partial charge is 0.419 e. The Kier molecular flexibility index (Phi) is 7.01. The van der Waals surface area contributed by atoms with E-state index in [4.69, 9.17) is 16.3 Å². The first-order valence-corrected chi connectivity index (χ1v) is 12.4. The van der Waals surface area contributed by atoms with Gasteiger partial charge in [0.2, 0.25) is 0 Å². The van der Waals surface area contributed by atoms with Crippen molar-refractivity contribution in [2.45, 2.75) is 0 Å². The van der Waals surface area contributed by atoms with E-state index in [1.165, 1.54) is 5.54 Å². The first kappa shape index (κ1) is 21.8. The lowest BCUT2D eigenvalue weighted by Gasteiger charge is -2.28. The highest BCUT2D eigenvalue weighted by Gasteiger charge is 2.50. The number of rotatable bonds is 6. The zero-order valence-electron chi connectivity index (χ0n) is 17.3. The molecule has 0 aliphatic rings. The van der Waals surface area contributed by atoms with Crippen molar-refractivity contribution in [2.75, 3.05) is 0 Å². The van der Waals surface area contributed by atoms with Crippen molar-refractivity contribution >= 4 is 40.9 Å². The summed E-state index contributed by atoms with van der Waals surface area (Å²) in [6, 6.07) is 39.4. The van der Waals surface area contributed by atoms with Crippen LogP contribution < -0.4 is 26.0 Å². The van der Waals surface area contributed by atoms with E-state index in [2.05, 4.69) is 41.7 Å². The molecular formula is C27H22ClNO2P+. The Bertz CT molecular complexity index is 1090. The summed E-state index contributed by atoms with van der Waals surface area (Å²) in [4.78, 5) is 12.9. The fraction of sp³-hybridized carbons (Fsp3) is 0. The lowest BCUT2D eigenvalue weighted by atomic mass is 10.3. The van der Waals surface area contributed by atoms with Crippen molar-refractivity contribution in [3.63, 3.8) is 0 Å². The van der Waals surface area contributed by atoms with E-state index in [9.17, 15) is 4.79 Å². The number of para-hydroxylation sites is 1. The van der Waals surface area contributed by atoms with Gasteiger partial charge >= 0.3 is 6.09 Å². The molecule has 0 unspecified atom stereocenters. The van der Waals surface area contributed by atoms with E-state index in [0.29, 0.717) is 11.2 Å². The first-order chi connectivity index (χ1) is 15.7. The molecule has 0 aliphatic heterocycles. The maximum atomic E-state index is 12.9. The lowest BCUT2D eigenvalue weighted by Crippen LogP contribution is -2.39. The Labute approximate surface area is 193 Å². The molecule has 32 heavy (non-hydrogen) atoms. The highest BCUT2D eigenvalue weighted by molar-refractivity contribution is 7.99. The third kappa shape index (κ3) is 4.45. The van der Waals surface area contributed by atoms with Crippen molar-refractivity contribution in [1.82, 2.24) is 5.32 Å². The SMILES string of the molecule is O=C(N/C(=C/Cl)[P+](c1ccccc1)(c1ccccc1)c1ccccc1)Oc1ccccc1. The average Bonchev–Trinajstić information content (AvgIpc) is 2.86. The Balaban J connectivity index is 1.87. The summed E-state index contributed by atoms with van der Waals surface area (Å²) < 4.78 is 5.52. The molecule has 4 aromatic rings. The summed E-state index contributed by atoms with van der Waals surface area (Å²) >= 11 is 6.44. The van der Waals surface area contributed by atoms with E-state index < -0.39 is 13.4 Å². The molecular weight excluding hydrogens is 437 g/mol. The molecule has 3 nitrogen and oxygen atoms in total. The summed E-state index contributed by atoms with van der Waals surface area (Å²) in [6.07, 6.45) is -0.588. The number of amides is 1. The smallest absolute Gasteiger partial charge is 0.410 e. The Morgan fingerprint density at radius 2 is 1.03 bits per heavy atom. The maximum absolute atomic E-state index is 12.9. The summed E-state index contributed by atoms with van der Waals surface area (Å²) in [5.41, 5.74) is 2.07. The third-order valence-corrected chi connectivity index (χ3v) is 9.63. The number of hydrogen-bond acceptors (Lipinski definition) is 2. The molecule has 0 bridgehead atoms. The molecule has 0 aliphatic carbocycles. The summed E-state index contributed by atoms with van der Waals surface area (Å²) in [5, 5.41) is 6.19. The Hall–Kier alpha value is -3.39. The van der Waals surface area contributed by atoms with Gasteiger partial charge in [-0.1, -0.05) is 84.4 Å². The third-order valence-electron chi connectivity index (χ3n) is 5.08. The minimum Gasteiger partial charge on any atom is -0.410 e. The molecule has 0 radical (unpaired) electrons. The van der Waals surface area contributed by atoms with Crippen LogP contribution in [0.5, 0.6) is 5.75 Å². The van der Waals surface area contributed by atoms with Gasteiger partial charge in [0.05, 0.1) is 5.54 Å². The van der Waals surface area contributed by atoms with Gasteiger partial charge < -0.3 is 4.74 Å². The van der Waals surface area contributed by atoms with Crippen LogP contribution in [0, 0.1) is 0 Å². The van der Waals surface area contributed by atoms with Gasteiger partial charge in [0, 0.05) is 0 Å². The van der Waals surface area contributed by atoms with E-state index in [-0.39, 0.29) is 0 Å². The second kappa shape index (κ2) is 10.3. The second-order valence-corrected chi connectivity index (χ2v) is 10.6. The van der Waals surface area contributed by atoms with Crippen molar-refractivity contribution in [3.05, 3.63) is 132 Å². The monoisotopic (exact) mass is 458 g/mol. The quantitative estimate of drug-likeness (QED) is 0.370. The van der Waals surface area contributed by atoms with Crippen LogP contribution in [0.15, 0.2) is 132 Å². The van der Waals surface area contributed by atoms with Crippen LogP contribution in [-0.4, -0.2) is 6.09 Å². The molecule has 0 spiro atoms. The lowest BCUT2D eigenvalue weighted by molar-refractivity contribution is 0.204. The molecule has 0 heterocycles. The topological polar surface area (TPSA) is 38.3 Å². The predicted molar refractivity (Wildman–Crippen MR) is 135 cm³/mol. The fourth-order valence-electron chi connectivity index (χ4n) is 3.73. The predicted octanol–water partition coefficient (Wildman–Crippen LogP) is 5.81. The van der Waals surface area contributed by atoms with Crippen LogP contribution in [0.2, 0.25) is 0 Å². The molecule has 4 aromatic carbocycles. The van der Waals surface area contributed by atoms with Gasteiger partial charge in [-0.05, 0) is 48.5 Å². The van der Waals surface area contributed by atoms with Crippen LogP contribution in [0.25, 0.3) is 0 Å². The maximum Gasteiger partial charge on any atom is 0.419 e. The van der Waals surface area contributed by atoms with Crippen molar-refractivity contribution in [2.24, 2.45) is 0 Å². The summed E-state index contributed by atoms with van der Waals surface area (Å²) in [5.74, 6) is 0.460. The molecule has 1 N–H and O–H groups in total. The number of carbonyl (C=O) groups is 1. The van der Waals surface area contributed by atoms with Gasteiger partial charge in [-0.2, -0.15) is 0 Å². The molecule has 0 aromatic heterocycles. The number of carbonyl (C=O) groups excluding carboxylic acids is 1. The van der Waals surface area contributed by atoms with Gasteiger partial charge in [-0.3, -0.25) is 5.32 Å². The van der Waals surface area contributed by atoms with Gasteiger partial charge in [-0.15, -0.1) is 0 Å². The number of benzene rings is 4. The van der Waals surface area contributed by atoms with Crippen molar-refractivity contribution in [1.29, 1.82) is 0 Å². The molecule has 5 heteroatoms. The Morgan fingerprint density at radius 3 is 1.41 bits per heavy atom. The van der Waals surface area contributed by atoms with Crippen molar-refractivity contribution in [3.8, 4) is 5.75 Å². The molecule has 4 rings (SSSR count). The standard InChI is InChI=1S/C27H21ClNO2P/c28-21-26(29-27(30)31-22-13-5-1-6-14-22)32(23-15-7-2-8-16-23,24-17-9-3-10-18-24)25-19-11-4-12-20-25/h1-21H/p+1/b26-21-. The molecule has 158 valence electrons. The van der Waals surface area contributed by atoms with E-state index in [1.54, 1.807) is 12.1 Å². The van der Waals surface area contributed by atoms with Crippen LogP contribution in [0.1, 0.15) is 0 Å². The Morgan fingerprint density at radius 1 is 0.656 bits per heavy atom. The normalized spacial score (nSPS) is 11.6. The molecule has 1 amide bonds. The first-order valence-electron chi connectivity index (χ1n) is 10.2. The number of ether oxygens (including phenoxy) is 1. The van der Waals surface area contributed by atoms with E-state index >= 15 is 0 Å². The van der Waals surface area contributed by atoms with Crippen LogP contribution in [0.4, 0.5) is 4.79 Å². The molecule has 0 saturated carbocycles. The van der Waals surface area contributed by atoms with Crippen LogP contribution in [-0.2, 0) is 0 Å². The average molecular weight is 459 g/mol. The zero-order chi connectivity index (χ0) is 22.2. The molecule has 0 atom stereocenters. The van der Waals surface area contributed by atoms with E-state index in [0.717, 1.165) is 15.9 Å². The van der Waals surface area contributed by atoms with Crippen LogP contribution in [0.3, 0.4) is 0 Å². The van der Waals surface area contributed by atoms with Gasteiger partial charge in [0.25, 0.3) is 0 Å².